The number of ether oxygens (including phenoxy) is 2. The molecule has 140 valence electrons. The van der Waals surface area contributed by atoms with E-state index >= 15 is 0 Å². The fraction of sp³-hybridized carbons (Fsp3) is 0.208. The third kappa shape index (κ3) is 2.03. The van der Waals surface area contributed by atoms with E-state index in [4.69, 9.17) is 9.47 Å². The van der Waals surface area contributed by atoms with Crippen molar-refractivity contribution in [3.05, 3.63) is 94.5 Å². The van der Waals surface area contributed by atoms with Crippen LogP contribution in [0.4, 0.5) is 0 Å². The second kappa shape index (κ2) is 6.13. The molecule has 3 aromatic carbocycles. The van der Waals surface area contributed by atoms with Crippen molar-refractivity contribution in [2.75, 3.05) is 20.8 Å². The highest BCUT2D eigenvalue weighted by Crippen LogP contribution is 2.53. The zero-order chi connectivity index (χ0) is 19.3. The molecule has 1 unspecified atom stereocenters. The van der Waals surface area contributed by atoms with E-state index in [-0.39, 0.29) is 5.91 Å². The first-order valence-corrected chi connectivity index (χ1v) is 9.44. The van der Waals surface area contributed by atoms with Crippen molar-refractivity contribution in [1.29, 1.82) is 0 Å². The van der Waals surface area contributed by atoms with Gasteiger partial charge in [-0.25, -0.2) is 0 Å². The number of benzene rings is 3. The molecule has 0 saturated heterocycles. The monoisotopic (exact) mass is 371 g/mol. The van der Waals surface area contributed by atoms with Crippen molar-refractivity contribution in [2.24, 2.45) is 0 Å². The predicted octanol–water partition coefficient (Wildman–Crippen LogP) is 4.01. The molecule has 28 heavy (non-hydrogen) atoms. The highest BCUT2D eigenvalue weighted by atomic mass is 16.5. The van der Waals surface area contributed by atoms with Crippen molar-refractivity contribution in [2.45, 2.75) is 12.0 Å². The summed E-state index contributed by atoms with van der Waals surface area (Å²) in [5.41, 5.74) is 4.50. The normalized spacial score (nSPS) is 19.6. The molecule has 0 fully saturated rings. The maximum Gasteiger partial charge on any atom is 0.255 e. The lowest BCUT2D eigenvalue weighted by atomic mass is 9.72. The molecule has 0 aromatic heterocycles. The molecule has 0 aliphatic carbocycles. The summed E-state index contributed by atoms with van der Waals surface area (Å²) < 4.78 is 11.2. The van der Waals surface area contributed by atoms with Gasteiger partial charge in [0.2, 0.25) is 0 Å². The summed E-state index contributed by atoms with van der Waals surface area (Å²) in [6, 6.07) is 22.3. The molecule has 0 spiro atoms. The van der Waals surface area contributed by atoms with Gasteiger partial charge in [-0.2, -0.15) is 0 Å². The summed E-state index contributed by atoms with van der Waals surface area (Å²) in [7, 11) is 3.30. The molecule has 1 atom stereocenters. The van der Waals surface area contributed by atoms with Crippen LogP contribution in [0.25, 0.3) is 0 Å². The van der Waals surface area contributed by atoms with Gasteiger partial charge in [0.15, 0.2) is 11.5 Å². The average Bonchev–Trinajstić information content (AvgIpc) is 3.03. The van der Waals surface area contributed by atoms with Crippen LogP contribution in [0.2, 0.25) is 0 Å². The van der Waals surface area contributed by atoms with Crippen LogP contribution in [-0.2, 0) is 12.0 Å². The van der Waals surface area contributed by atoms with Gasteiger partial charge < -0.3 is 14.4 Å². The van der Waals surface area contributed by atoms with Gasteiger partial charge in [-0.15, -0.1) is 0 Å². The Morgan fingerprint density at radius 3 is 2.29 bits per heavy atom. The number of carbonyl (C=O) groups excluding carboxylic acids is 1. The third-order valence-electron chi connectivity index (χ3n) is 5.99. The molecule has 1 amide bonds. The molecule has 4 heteroatoms. The summed E-state index contributed by atoms with van der Waals surface area (Å²) in [5, 5.41) is 0. The molecule has 0 bridgehead atoms. The number of amides is 1. The summed E-state index contributed by atoms with van der Waals surface area (Å²) in [5.74, 6) is 1.48. The molecule has 0 N–H and O–H groups in total. The number of nitrogens with zero attached hydrogens (tertiary/aromatic N) is 1. The van der Waals surface area contributed by atoms with Gasteiger partial charge in [0, 0.05) is 12.1 Å². The maximum atomic E-state index is 13.4. The van der Waals surface area contributed by atoms with E-state index in [1.165, 1.54) is 5.56 Å². The molecule has 2 heterocycles. The van der Waals surface area contributed by atoms with Gasteiger partial charge in [-0.1, -0.05) is 48.5 Å². The number of hydrogen-bond acceptors (Lipinski definition) is 3. The second-order valence-electron chi connectivity index (χ2n) is 7.19. The summed E-state index contributed by atoms with van der Waals surface area (Å²) in [6.07, 6.45) is 0.782. The fourth-order valence-corrected chi connectivity index (χ4v) is 4.83. The first-order chi connectivity index (χ1) is 13.7. The Labute approximate surface area is 164 Å². The SMILES string of the molecule is COc1cc2c(cc1OC)C1(c3ccccc3)c3ccccc3C(=O)N1CC2. The first-order valence-electron chi connectivity index (χ1n) is 9.44. The van der Waals surface area contributed by atoms with Crippen LogP contribution in [0.5, 0.6) is 11.5 Å². The topological polar surface area (TPSA) is 38.8 Å². The molecule has 5 rings (SSSR count). The Hall–Kier alpha value is -3.27. The van der Waals surface area contributed by atoms with Crippen LogP contribution >= 0.6 is 0 Å². The van der Waals surface area contributed by atoms with E-state index in [1.807, 2.05) is 47.4 Å². The predicted molar refractivity (Wildman–Crippen MR) is 107 cm³/mol. The number of carbonyl (C=O) groups is 1. The minimum absolute atomic E-state index is 0.0832. The standard InChI is InChI=1S/C24H21NO3/c1-27-21-14-16-12-13-25-23(26)18-10-6-7-11-19(18)24(25,17-8-4-3-5-9-17)20(16)15-22(21)28-2/h3-11,14-15H,12-13H2,1-2H3. The highest BCUT2D eigenvalue weighted by Gasteiger charge is 2.54. The van der Waals surface area contributed by atoms with Crippen molar-refractivity contribution in [3.63, 3.8) is 0 Å². The summed E-state index contributed by atoms with van der Waals surface area (Å²) >= 11 is 0. The van der Waals surface area contributed by atoms with E-state index in [1.54, 1.807) is 14.2 Å². The van der Waals surface area contributed by atoms with Crippen LogP contribution < -0.4 is 9.47 Å². The average molecular weight is 371 g/mol. The van der Waals surface area contributed by atoms with Gasteiger partial charge in [-0.05, 0) is 46.9 Å². The maximum absolute atomic E-state index is 13.4. The molecule has 4 nitrogen and oxygen atoms in total. The van der Waals surface area contributed by atoms with Crippen LogP contribution in [0.15, 0.2) is 66.7 Å². The Balaban J connectivity index is 1.91. The molecule has 2 aliphatic rings. The van der Waals surface area contributed by atoms with Gasteiger partial charge in [-0.3, -0.25) is 4.79 Å². The number of hydrogen-bond donors (Lipinski definition) is 0. The summed E-state index contributed by atoms with van der Waals surface area (Å²) in [6.45, 7) is 0.658. The van der Waals surface area contributed by atoms with Gasteiger partial charge in [0.25, 0.3) is 5.91 Å². The Morgan fingerprint density at radius 1 is 0.857 bits per heavy atom. The fourth-order valence-electron chi connectivity index (χ4n) is 4.83. The molecule has 0 radical (unpaired) electrons. The van der Waals surface area contributed by atoms with E-state index in [0.29, 0.717) is 12.3 Å². The zero-order valence-electron chi connectivity index (χ0n) is 15.9. The van der Waals surface area contributed by atoms with Crippen molar-refractivity contribution >= 4 is 5.91 Å². The smallest absolute Gasteiger partial charge is 0.255 e. The molecular weight excluding hydrogens is 350 g/mol. The zero-order valence-corrected chi connectivity index (χ0v) is 15.9. The van der Waals surface area contributed by atoms with Crippen LogP contribution in [0, 0.1) is 0 Å². The number of rotatable bonds is 3. The van der Waals surface area contributed by atoms with Crippen LogP contribution in [-0.4, -0.2) is 31.6 Å². The van der Waals surface area contributed by atoms with E-state index in [2.05, 4.69) is 24.3 Å². The van der Waals surface area contributed by atoms with Gasteiger partial charge >= 0.3 is 0 Å². The van der Waals surface area contributed by atoms with Gasteiger partial charge in [0.05, 0.1) is 14.2 Å². The van der Waals surface area contributed by atoms with Crippen molar-refractivity contribution < 1.29 is 14.3 Å². The molecule has 2 aliphatic heterocycles. The lowest BCUT2D eigenvalue weighted by molar-refractivity contribution is 0.0659. The van der Waals surface area contributed by atoms with Crippen LogP contribution in [0.1, 0.15) is 32.6 Å². The largest absolute Gasteiger partial charge is 0.493 e. The Bertz CT molecular complexity index is 1080. The molecule has 0 saturated carbocycles. The van der Waals surface area contributed by atoms with Crippen molar-refractivity contribution in [3.8, 4) is 11.5 Å². The van der Waals surface area contributed by atoms with Crippen molar-refractivity contribution in [1.82, 2.24) is 4.90 Å². The van der Waals surface area contributed by atoms with E-state index < -0.39 is 5.54 Å². The number of fused-ring (bicyclic) bond motifs is 5. The minimum atomic E-state index is -0.651. The van der Waals surface area contributed by atoms with Crippen LogP contribution in [0.3, 0.4) is 0 Å². The molecular formula is C24H21NO3. The lowest BCUT2D eigenvalue weighted by Crippen LogP contribution is -2.50. The van der Waals surface area contributed by atoms with E-state index in [0.717, 1.165) is 34.4 Å². The Kier molecular flexibility index (Phi) is 3.69. The third-order valence-corrected chi connectivity index (χ3v) is 5.99. The lowest BCUT2D eigenvalue weighted by Gasteiger charge is -2.45. The second-order valence-corrected chi connectivity index (χ2v) is 7.19. The minimum Gasteiger partial charge on any atom is -0.493 e. The highest BCUT2D eigenvalue weighted by molar-refractivity contribution is 6.02. The summed E-state index contributed by atoms with van der Waals surface area (Å²) in [4.78, 5) is 15.4. The van der Waals surface area contributed by atoms with Gasteiger partial charge in [0.1, 0.15) is 5.54 Å². The molecule has 3 aromatic rings. The quantitative estimate of drug-likeness (QED) is 0.698. The van der Waals surface area contributed by atoms with E-state index in [9.17, 15) is 4.79 Å². The number of methoxy groups -OCH3 is 2. The first kappa shape index (κ1) is 16.9. The Morgan fingerprint density at radius 2 is 1.54 bits per heavy atom.